The normalized spacial score (nSPS) is 28.7. The van der Waals surface area contributed by atoms with Crippen LogP contribution in [-0.4, -0.2) is 30.4 Å². The van der Waals surface area contributed by atoms with Crippen LogP contribution in [0.2, 0.25) is 18.1 Å². The van der Waals surface area contributed by atoms with Crippen molar-refractivity contribution in [2.45, 2.75) is 145 Å². The monoisotopic (exact) mass is 715 g/mol. The van der Waals surface area contributed by atoms with Crippen molar-refractivity contribution in [1.82, 2.24) is 4.98 Å². The van der Waals surface area contributed by atoms with Gasteiger partial charge in [0.15, 0.2) is 8.32 Å². The van der Waals surface area contributed by atoms with Gasteiger partial charge in [-0.2, -0.15) is 0 Å². The standard InChI is InChI=1S/C37H54INO3Si/c1-23(2)32-30-31(29-26(39-32)20-36(16-11-17-36)21-27(29)42-43(9,10)35(6,7)8)37(18-19-40-22-28(37)38)41-33(30)24-12-14-25(15-13-24)34(3,4)5/h12-15,23,27-28,33H,11,16-22H2,1-10H3/t27-,28?,33+,37?/m0/s1. The minimum Gasteiger partial charge on any atom is -0.410 e. The molecule has 1 aromatic heterocycles. The maximum absolute atomic E-state index is 7.51. The maximum Gasteiger partial charge on any atom is 0.192 e. The van der Waals surface area contributed by atoms with Gasteiger partial charge in [-0.25, -0.2) is 0 Å². The Morgan fingerprint density at radius 3 is 2.21 bits per heavy atom. The molecular formula is C37H54INO3Si. The molecule has 0 radical (unpaired) electrons. The van der Waals surface area contributed by atoms with Crippen LogP contribution in [0.25, 0.3) is 0 Å². The summed E-state index contributed by atoms with van der Waals surface area (Å²) in [5.41, 5.74) is 9.30. The fourth-order valence-electron chi connectivity index (χ4n) is 7.78. The molecule has 1 saturated carbocycles. The van der Waals surface area contributed by atoms with Crippen LogP contribution in [0.1, 0.15) is 145 Å². The Bertz CT molecular complexity index is 1370. The topological polar surface area (TPSA) is 40.6 Å². The van der Waals surface area contributed by atoms with E-state index in [0.717, 1.165) is 25.9 Å². The van der Waals surface area contributed by atoms with E-state index in [1.165, 1.54) is 58.5 Å². The molecule has 6 rings (SSSR count). The van der Waals surface area contributed by atoms with E-state index in [4.69, 9.17) is 18.9 Å². The second kappa shape index (κ2) is 10.9. The number of hydrogen-bond acceptors (Lipinski definition) is 4. The number of alkyl halides is 1. The lowest BCUT2D eigenvalue weighted by Crippen LogP contribution is -2.48. The van der Waals surface area contributed by atoms with Crippen molar-refractivity contribution < 1.29 is 13.9 Å². The lowest BCUT2D eigenvalue weighted by molar-refractivity contribution is -0.113. The maximum atomic E-state index is 7.51. The zero-order chi connectivity index (χ0) is 31.2. The van der Waals surface area contributed by atoms with Crippen molar-refractivity contribution in [3.05, 3.63) is 63.5 Å². The molecule has 0 N–H and O–H groups in total. The molecule has 4 atom stereocenters. The molecule has 2 aromatic rings. The molecule has 2 unspecified atom stereocenters. The zero-order valence-electron chi connectivity index (χ0n) is 28.3. The molecule has 2 aliphatic heterocycles. The first-order valence-corrected chi connectivity index (χ1v) is 20.9. The van der Waals surface area contributed by atoms with E-state index < -0.39 is 13.9 Å². The van der Waals surface area contributed by atoms with Gasteiger partial charge in [0.1, 0.15) is 11.7 Å². The quantitative estimate of drug-likeness (QED) is 0.180. The van der Waals surface area contributed by atoms with Gasteiger partial charge in [-0.15, -0.1) is 0 Å². The van der Waals surface area contributed by atoms with Gasteiger partial charge in [-0.05, 0) is 71.7 Å². The molecule has 4 nitrogen and oxygen atoms in total. The zero-order valence-corrected chi connectivity index (χ0v) is 31.5. The number of ether oxygens (including phenoxy) is 2. The average Bonchev–Trinajstić information content (AvgIpc) is 3.23. The highest BCUT2D eigenvalue weighted by Gasteiger charge is 2.57. The Labute approximate surface area is 275 Å². The number of aromatic nitrogens is 1. The number of fused-ring (bicyclic) bond motifs is 4. The van der Waals surface area contributed by atoms with E-state index in [0.29, 0.717) is 17.9 Å². The number of benzene rings is 1. The van der Waals surface area contributed by atoms with Crippen LogP contribution in [0.3, 0.4) is 0 Å². The fraction of sp³-hybridized carbons (Fsp3) is 0.703. The van der Waals surface area contributed by atoms with Gasteiger partial charge < -0.3 is 13.9 Å². The summed E-state index contributed by atoms with van der Waals surface area (Å²) >= 11 is 2.63. The molecule has 2 fully saturated rings. The van der Waals surface area contributed by atoms with Crippen LogP contribution >= 0.6 is 22.6 Å². The summed E-state index contributed by atoms with van der Waals surface area (Å²) in [6, 6.07) is 9.23. The average molecular weight is 716 g/mol. The van der Waals surface area contributed by atoms with E-state index in [1.54, 1.807) is 0 Å². The van der Waals surface area contributed by atoms with Crippen LogP contribution in [-0.2, 0) is 31.3 Å². The third-order valence-electron chi connectivity index (χ3n) is 11.5. The summed E-state index contributed by atoms with van der Waals surface area (Å²) < 4.78 is 21.3. The van der Waals surface area contributed by atoms with E-state index in [1.807, 2.05) is 0 Å². The molecule has 0 bridgehead atoms. The molecule has 43 heavy (non-hydrogen) atoms. The SMILES string of the molecule is CC(C)c1nc2c(c3c1[C@@H](c1ccc(C(C)(C)C)cc1)OC31CCOCC1I)[C@@H](O[Si](C)(C)C(C)(C)C)CC1(CCC1)C2. The molecule has 3 heterocycles. The van der Waals surface area contributed by atoms with Crippen molar-refractivity contribution in [2.24, 2.45) is 5.41 Å². The van der Waals surface area contributed by atoms with Gasteiger partial charge in [0, 0.05) is 41.1 Å². The van der Waals surface area contributed by atoms with E-state index in [-0.39, 0.29) is 26.6 Å². The Morgan fingerprint density at radius 1 is 1.00 bits per heavy atom. The molecule has 2 spiro atoms. The second-order valence-corrected chi connectivity index (χ2v) is 23.2. The van der Waals surface area contributed by atoms with Crippen molar-refractivity contribution in [2.75, 3.05) is 13.2 Å². The van der Waals surface area contributed by atoms with Gasteiger partial charge in [0.25, 0.3) is 0 Å². The lowest BCUT2D eigenvalue weighted by atomic mass is 9.58. The molecule has 2 aliphatic carbocycles. The van der Waals surface area contributed by atoms with Crippen molar-refractivity contribution in [1.29, 1.82) is 0 Å². The highest BCUT2D eigenvalue weighted by molar-refractivity contribution is 14.1. The molecular weight excluding hydrogens is 661 g/mol. The third kappa shape index (κ3) is 5.41. The second-order valence-electron chi connectivity index (χ2n) is 17.0. The van der Waals surface area contributed by atoms with Gasteiger partial charge in [0.2, 0.25) is 0 Å². The van der Waals surface area contributed by atoms with E-state index in [2.05, 4.69) is 115 Å². The first kappa shape index (κ1) is 32.2. The fourth-order valence-corrected chi connectivity index (χ4v) is 10.1. The predicted molar refractivity (Wildman–Crippen MR) is 187 cm³/mol. The number of pyridine rings is 1. The van der Waals surface area contributed by atoms with Gasteiger partial charge in [0.05, 0.1) is 16.6 Å². The van der Waals surface area contributed by atoms with Gasteiger partial charge in [-0.1, -0.05) is 109 Å². The van der Waals surface area contributed by atoms with Crippen molar-refractivity contribution >= 4 is 30.9 Å². The number of rotatable bonds is 4. The Hall–Kier alpha value is -0.803. The smallest absolute Gasteiger partial charge is 0.192 e. The van der Waals surface area contributed by atoms with E-state index >= 15 is 0 Å². The third-order valence-corrected chi connectivity index (χ3v) is 17.4. The number of nitrogens with zero attached hydrogens (tertiary/aromatic N) is 1. The lowest BCUT2D eigenvalue weighted by Gasteiger charge is -2.51. The van der Waals surface area contributed by atoms with Crippen molar-refractivity contribution in [3.63, 3.8) is 0 Å². The van der Waals surface area contributed by atoms with E-state index in [9.17, 15) is 0 Å². The molecule has 1 saturated heterocycles. The number of hydrogen-bond donors (Lipinski definition) is 0. The molecule has 6 heteroatoms. The summed E-state index contributed by atoms with van der Waals surface area (Å²) in [5, 5.41) is 0.141. The summed E-state index contributed by atoms with van der Waals surface area (Å²) in [7, 11) is -2.06. The number of halogens is 1. The molecule has 0 amide bonds. The minimum atomic E-state index is -2.06. The van der Waals surface area contributed by atoms with Crippen LogP contribution in [0.5, 0.6) is 0 Å². The van der Waals surface area contributed by atoms with Crippen LogP contribution in [0, 0.1) is 5.41 Å². The first-order chi connectivity index (χ1) is 20.0. The predicted octanol–water partition coefficient (Wildman–Crippen LogP) is 10.2. The van der Waals surface area contributed by atoms with Crippen LogP contribution in [0.4, 0.5) is 0 Å². The molecule has 236 valence electrons. The molecule has 4 aliphatic rings. The summed E-state index contributed by atoms with van der Waals surface area (Å²) in [4.78, 5) is 5.66. The highest BCUT2D eigenvalue weighted by Crippen LogP contribution is 2.62. The largest absolute Gasteiger partial charge is 0.410 e. The van der Waals surface area contributed by atoms with Crippen LogP contribution < -0.4 is 0 Å². The Kier molecular flexibility index (Phi) is 8.14. The summed E-state index contributed by atoms with van der Waals surface area (Å²) in [6.45, 7) is 24.9. The minimum absolute atomic E-state index is 0.0707. The Balaban J connectivity index is 1.60. The van der Waals surface area contributed by atoms with Gasteiger partial charge >= 0.3 is 0 Å². The highest BCUT2D eigenvalue weighted by atomic mass is 127. The summed E-state index contributed by atoms with van der Waals surface area (Å²) in [5.74, 6) is 0.306. The van der Waals surface area contributed by atoms with Gasteiger partial charge in [-0.3, -0.25) is 4.98 Å². The first-order valence-electron chi connectivity index (χ1n) is 16.7. The van der Waals surface area contributed by atoms with Crippen molar-refractivity contribution in [3.8, 4) is 0 Å². The Morgan fingerprint density at radius 2 is 1.67 bits per heavy atom. The summed E-state index contributed by atoms with van der Waals surface area (Å²) in [6.07, 6.45) is 6.93. The van der Waals surface area contributed by atoms with Crippen LogP contribution in [0.15, 0.2) is 24.3 Å². The molecule has 1 aromatic carbocycles.